The van der Waals surface area contributed by atoms with E-state index in [1.165, 1.54) is 6.20 Å². The largest absolute Gasteiger partial charge is 0.476 e. The number of aryl methyl sites for hydroxylation is 2. The standard InChI is InChI=1S/C19H16N2O2/c1-12-7-3-5-9-14(12)17-18(15-10-6-4-8-13(15)2)21-16(11-20-17)19(22)23/h3-11H,1-2H3,(H,22,23). The smallest absolute Gasteiger partial charge is 0.356 e. The van der Waals surface area contributed by atoms with Gasteiger partial charge in [0.25, 0.3) is 0 Å². The SMILES string of the molecule is Cc1ccccc1-c1ncc(C(=O)O)nc1-c1ccccc1C. The molecule has 114 valence electrons. The lowest BCUT2D eigenvalue weighted by molar-refractivity contribution is 0.0690. The Balaban J connectivity index is 2.31. The fraction of sp³-hybridized carbons (Fsp3) is 0.105. The predicted octanol–water partition coefficient (Wildman–Crippen LogP) is 4.13. The number of benzene rings is 2. The third-order valence-corrected chi connectivity index (χ3v) is 3.79. The zero-order valence-electron chi connectivity index (χ0n) is 12.9. The van der Waals surface area contributed by atoms with Crippen molar-refractivity contribution in [3.05, 3.63) is 71.5 Å². The molecule has 0 aliphatic carbocycles. The molecule has 3 rings (SSSR count). The summed E-state index contributed by atoms with van der Waals surface area (Å²) in [5.41, 5.74) is 5.18. The minimum Gasteiger partial charge on any atom is -0.476 e. The molecular weight excluding hydrogens is 288 g/mol. The molecule has 0 fully saturated rings. The highest BCUT2D eigenvalue weighted by Gasteiger charge is 2.17. The van der Waals surface area contributed by atoms with Crippen LogP contribution in [0.4, 0.5) is 0 Å². The number of hydrogen-bond acceptors (Lipinski definition) is 3. The monoisotopic (exact) mass is 304 g/mol. The zero-order valence-corrected chi connectivity index (χ0v) is 12.9. The average Bonchev–Trinajstić information content (AvgIpc) is 2.55. The highest BCUT2D eigenvalue weighted by molar-refractivity contribution is 5.88. The van der Waals surface area contributed by atoms with Crippen LogP contribution in [0.3, 0.4) is 0 Å². The lowest BCUT2D eigenvalue weighted by Crippen LogP contribution is -2.05. The lowest BCUT2D eigenvalue weighted by atomic mass is 9.98. The maximum atomic E-state index is 11.3. The molecule has 0 unspecified atom stereocenters. The molecule has 0 saturated carbocycles. The Morgan fingerprint density at radius 2 is 1.39 bits per heavy atom. The van der Waals surface area contributed by atoms with Crippen molar-refractivity contribution in [1.29, 1.82) is 0 Å². The molecule has 1 aromatic heterocycles. The van der Waals surface area contributed by atoms with E-state index in [0.717, 1.165) is 22.3 Å². The van der Waals surface area contributed by atoms with E-state index in [1.807, 2.05) is 62.4 Å². The molecule has 0 bridgehead atoms. The fourth-order valence-corrected chi connectivity index (χ4v) is 2.55. The Kier molecular flexibility index (Phi) is 3.89. The minimum atomic E-state index is -1.08. The van der Waals surface area contributed by atoms with Crippen LogP contribution in [0, 0.1) is 13.8 Å². The van der Waals surface area contributed by atoms with Crippen molar-refractivity contribution >= 4 is 5.97 Å². The number of nitrogens with zero attached hydrogens (tertiary/aromatic N) is 2. The van der Waals surface area contributed by atoms with Gasteiger partial charge in [-0.05, 0) is 25.0 Å². The Labute approximate surface area is 134 Å². The minimum absolute atomic E-state index is 0.0550. The maximum absolute atomic E-state index is 11.3. The second kappa shape index (κ2) is 6.01. The van der Waals surface area contributed by atoms with Gasteiger partial charge in [-0.2, -0.15) is 0 Å². The van der Waals surface area contributed by atoms with Gasteiger partial charge >= 0.3 is 5.97 Å². The van der Waals surface area contributed by atoms with Gasteiger partial charge in [0.05, 0.1) is 17.6 Å². The first kappa shape index (κ1) is 14.9. The van der Waals surface area contributed by atoms with Gasteiger partial charge in [-0.3, -0.25) is 4.98 Å². The first-order chi connectivity index (χ1) is 11.1. The van der Waals surface area contributed by atoms with Crippen molar-refractivity contribution in [3.63, 3.8) is 0 Å². The van der Waals surface area contributed by atoms with Crippen LogP contribution < -0.4 is 0 Å². The van der Waals surface area contributed by atoms with Crippen LogP contribution >= 0.6 is 0 Å². The van der Waals surface area contributed by atoms with Crippen molar-refractivity contribution in [3.8, 4) is 22.5 Å². The summed E-state index contributed by atoms with van der Waals surface area (Å²) in [6.07, 6.45) is 1.31. The summed E-state index contributed by atoms with van der Waals surface area (Å²) in [5, 5.41) is 9.24. The molecule has 1 N–H and O–H groups in total. The maximum Gasteiger partial charge on any atom is 0.356 e. The number of rotatable bonds is 3. The molecular formula is C19H16N2O2. The van der Waals surface area contributed by atoms with Crippen molar-refractivity contribution in [2.24, 2.45) is 0 Å². The van der Waals surface area contributed by atoms with Gasteiger partial charge in [-0.15, -0.1) is 0 Å². The van der Waals surface area contributed by atoms with Crippen LogP contribution in [0.2, 0.25) is 0 Å². The van der Waals surface area contributed by atoms with E-state index >= 15 is 0 Å². The van der Waals surface area contributed by atoms with Crippen LogP contribution in [0.25, 0.3) is 22.5 Å². The third-order valence-electron chi connectivity index (χ3n) is 3.79. The van der Waals surface area contributed by atoms with E-state index < -0.39 is 5.97 Å². The molecule has 0 aliphatic rings. The van der Waals surface area contributed by atoms with E-state index in [2.05, 4.69) is 9.97 Å². The Morgan fingerprint density at radius 3 is 1.91 bits per heavy atom. The molecule has 0 aliphatic heterocycles. The zero-order chi connectivity index (χ0) is 16.4. The molecule has 0 amide bonds. The number of aromatic carboxylic acids is 1. The normalized spacial score (nSPS) is 10.5. The molecule has 2 aromatic carbocycles. The van der Waals surface area contributed by atoms with E-state index in [9.17, 15) is 9.90 Å². The quantitative estimate of drug-likeness (QED) is 0.790. The molecule has 0 atom stereocenters. The van der Waals surface area contributed by atoms with Gasteiger partial charge in [0.1, 0.15) is 0 Å². The highest BCUT2D eigenvalue weighted by atomic mass is 16.4. The number of carboxylic acids is 1. The second-order valence-electron chi connectivity index (χ2n) is 5.39. The van der Waals surface area contributed by atoms with Crippen LogP contribution in [0.5, 0.6) is 0 Å². The van der Waals surface area contributed by atoms with Crippen molar-refractivity contribution in [2.45, 2.75) is 13.8 Å². The summed E-state index contributed by atoms with van der Waals surface area (Å²) in [7, 11) is 0. The lowest BCUT2D eigenvalue weighted by Gasteiger charge is -2.13. The van der Waals surface area contributed by atoms with Crippen LogP contribution in [-0.2, 0) is 0 Å². The highest BCUT2D eigenvalue weighted by Crippen LogP contribution is 2.32. The molecule has 4 heteroatoms. The van der Waals surface area contributed by atoms with Crippen LogP contribution in [0.1, 0.15) is 21.6 Å². The van der Waals surface area contributed by atoms with Crippen molar-refractivity contribution < 1.29 is 9.90 Å². The van der Waals surface area contributed by atoms with Crippen LogP contribution in [0.15, 0.2) is 54.7 Å². The van der Waals surface area contributed by atoms with Gasteiger partial charge in [0.2, 0.25) is 0 Å². The van der Waals surface area contributed by atoms with Gasteiger partial charge in [0.15, 0.2) is 5.69 Å². The summed E-state index contributed by atoms with van der Waals surface area (Å²) in [6, 6.07) is 15.7. The summed E-state index contributed by atoms with van der Waals surface area (Å²) < 4.78 is 0. The van der Waals surface area contributed by atoms with E-state index in [-0.39, 0.29) is 5.69 Å². The van der Waals surface area contributed by atoms with Gasteiger partial charge < -0.3 is 5.11 Å². The Hall–Kier alpha value is -3.01. The van der Waals surface area contributed by atoms with Gasteiger partial charge in [-0.25, -0.2) is 9.78 Å². The second-order valence-corrected chi connectivity index (χ2v) is 5.39. The molecule has 0 saturated heterocycles. The summed E-state index contributed by atoms with van der Waals surface area (Å²) >= 11 is 0. The molecule has 0 radical (unpaired) electrons. The van der Waals surface area contributed by atoms with Crippen molar-refractivity contribution in [1.82, 2.24) is 9.97 Å². The first-order valence-electron chi connectivity index (χ1n) is 7.30. The predicted molar refractivity (Wildman–Crippen MR) is 89.3 cm³/mol. The number of aromatic nitrogens is 2. The molecule has 23 heavy (non-hydrogen) atoms. The molecule has 3 aromatic rings. The van der Waals surface area contributed by atoms with E-state index in [1.54, 1.807) is 0 Å². The average molecular weight is 304 g/mol. The Morgan fingerprint density at radius 1 is 0.870 bits per heavy atom. The first-order valence-corrected chi connectivity index (χ1v) is 7.30. The van der Waals surface area contributed by atoms with Crippen LogP contribution in [-0.4, -0.2) is 21.0 Å². The van der Waals surface area contributed by atoms with E-state index in [4.69, 9.17) is 0 Å². The summed E-state index contributed by atoms with van der Waals surface area (Å²) in [5.74, 6) is -1.08. The number of hydrogen-bond donors (Lipinski definition) is 1. The fourth-order valence-electron chi connectivity index (χ4n) is 2.55. The Bertz CT molecular complexity index is 888. The molecule has 0 spiro atoms. The third kappa shape index (κ3) is 2.83. The topological polar surface area (TPSA) is 63.1 Å². The molecule has 1 heterocycles. The molecule has 4 nitrogen and oxygen atoms in total. The van der Waals surface area contributed by atoms with Gasteiger partial charge in [-0.1, -0.05) is 48.5 Å². The summed E-state index contributed by atoms with van der Waals surface area (Å²) in [6.45, 7) is 3.98. The van der Waals surface area contributed by atoms with Crippen molar-refractivity contribution in [2.75, 3.05) is 0 Å². The number of carboxylic acid groups (broad SMARTS) is 1. The summed E-state index contributed by atoms with van der Waals surface area (Å²) in [4.78, 5) is 20.0. The van der Waals surface area contributed by atoms with Gasteiger partial charge in [0, 0.05) is 11.1 Å². The van der Waals surface area contributed by atoms with E-state index in [0.29, 0.717) is 11.4 Å². The number of carbonyl (C=O) groups is 1.